The van der Waals surface area contributed by atoms with Crippen molar-refractivity contribution in [2.75, 3.05) is 0 Å². The second-order valence-electron chi connectivity index (χ2n) is 6.73. The van der Waals surface area contributed by atoms with Gasteiger partial charge in [-0.05, 0) is 61.6 Å². The molecule has 0 bridgehead atoms. The van der Waals surface area contributed by atoms with E-state index in [9.17, 15) is 14.4 Å². The smallest absolute Gasteiger partial charge is 0.249 e. The quantitative estimate of drug-likeness (QED) is 0.810. The van der Waals surface area contributed by atoms with E-state index in [-0.39, 0.29) is 18.2 Å². The number of fused-ring (bicyclic) bond motifs is 1. The third-order valence-electron chi connectivity index (χ3n) is 4.86. The summed E-state index contributed by atoms with van der Waals surface area (Å²) in [7, 11) is 0. The molecule has 0 spiro atoms. The van der Waals surface area contributed by atoms with E-state index in [1.165, 1.54) is 42.4 Å². The molecule has 2 aliphatic rings. The summed E-state index contributed by atoms with van der Waals surface area (Å²) in [6.45, 7) is 0. The van der Waals surface area contributed by atoms with Gasteiger partial charge in [0.05, 0.1) is 0 Å². The van der Waals surface area contributed by atoms with E-state index in [1.54, 1.807) is 0 Å². The van der Waals surface area contributed by atoms with Crippen LogP contribution in [0.15, 0.2) is 18.2 Å². The molecule has 1 aromatic carbocycles. The van der Waals surface area contributed by atoms with Crippen LogP contribution in [0.2, 0.25) is 0 Å². The van der Waals surface area contributed by atoms with Crippen LogP contribution in [0.1, 0.15) is 55.2 Å². The third-order valence-corrected chi connectivity index (χ3v) is 4.86. The predicted octanol–water partition coefficient (Wildman–Crippen LogP) is 1.81. The summed E-state index contributed by atoms with van der Waals surface area (Å²) < 4.78 is 0. The molecule has 0 aromatic heterocycles. The Hall–Kier alpha value is -2.17. The lowest BCUT2D eigenvalue weighted by atomic mass is 9.89. The Balaban J connectivity index is 1.43. The number of carbonyl (C=O) groups is 3. The van der Waals surface area contributed by atoms with Crippen molar-refractivity contribution in [1.29, 1.82) is 0 Å². The summed E-state index contributed by atoms with van der Waals surface area (Å²) in [6, 6.07) is 6.11. The van der Waals surface area contributed by atoms with Gasteiger partial charge in [-0.1, -0.05) is 18.2 Å². The van der Waals surface area contributed by atoms with Gasteiger partial charge in [0.25, 0.3) is 0 Å². The maximum absolute atomic E-state index is 12.0. The van der Waals surface area contributed by atoms with Crippen LogP contribution in [0.5, 0.6) is 0 Å². The fourth-order valence-corrected chi connectivity index (χ4v) is 3.49. The van der Waals surface area contributed by atoms with Crippen LogP contribution in [-0.4, -0.2) is 23.8 Å². The highest BCUT2D eigenvalue weighted by molar-refractivity contribution is 6.01. The van der Waals surface area contributed by atoms with Crippen LogP contribution in [0.3, 0.4) is 0 Å². The molecule has 2 N–H and O–H groups in total. The Labute approximate surface area is 142 Å². The van der Waals surface area contributed by atoms with Gasteiger partial charge in [0.2, 0.25) is 17.7 Å². The highest BCUT2D eigenvalue weighted by Gasteiger charge is 2.27. The molecule has 128 valence electrons. The first-order valence-electron chi connectivity index (χ1n) is 8.85. The fourth-order valence-electron chi connectivity index (χ4n) is 3.49. The second-order valence-corrected chi connectivity index (χ2v) is 6.73. The average molecular weight is 328 g/mol. The molecule has 3 rings (SSSR count). The molecule has 1 saturated heterocycles. The highest BCUT2D eigenvalue weighted by atomic mass is 16.2. The Kier molecular flexibility index (Phi) is 5.28. The first-order chi connectivity index (χ1) is 11.6. The summed E-state index contributed by atoms with van der Waals surface area (Å²) in [5, 5.41) is 4.98. The monoisotopic (exact) mass is 328 g/mol. The SMILES string of the molecule is O=C1CCC(NC(=O)CCCc2ccc3c(c2)CCCC3)C(=O)N1. The highest BCUT2D eigenvalue weighted by Crippen LogP contribution is 2.22. The number of piperidine rings is 1. The minimum Gasteiger partial charge on any atom is -0.344 e. The van der Waals surface area contributed by atoms with Crippen LogP contribution in [-0.2, 0) is 33.6 Å². The Morgan fingerprint density at radius 2 is 1.92 bits per heavy atom. The fraction of sp³-hybridized carbons (Fsp3) is 0.526. The Morgan fingerprint density at radius 3 is 2.71 bits per heavy atom. The van der Waals surface area contributed by atoms with E-state index in [2.05, 4.69) is 28.8 Å². The average Bonchev–Trinajstić information content (AvgIpc) is 2.57. The van der Waals surface area contributed by atoms with Gasteiger partial charge in [-0.3, -0.25) is 19.7 Å². The molecule has 1 atom stereocenters. The molecular weight excluding hydrogens is 304 g/mol. The van der Waals surface area contributed by atoms with Crippen LogP contribution >= 0.6 is 0 Å². The lowest BCUT2D eigenvalue weighted by Crippen LogP contribution is -2.52. The molecule has 1 fully saturated rings. The van der Waals surface area contributed by atoms with Crippen LogP contribution in [0.25, 0.3) is 0 Å². The van der Waals surface area contributed by atoms with Crippen molar-refractivity contribution in [3.05, 3.63) is 34.9 Å². The van der Waals surface area contributed by atoms with Crippen LogP contribution in [0.4, 0.5) is 0 Å². The lowest BCUT2D eigenvalue weighted by molar-refractivity contribution is -0.137. The summed E-state index contributed by atoms with van der Waals surface area (Å²) >= 11 is 0. The normalized spacial score (nSPS) is 20.2. The number of nitrogens with one attached hydrogen (secondary N) is 2. The molecule has 1 aliphatic heterocycles. The third kappa shape index (κ3) is 4.22. The standard InChI is InChI=1S/C19H24N2O3/c22-17(20-16-10-11-18(23)21-19(16)24)7-3-4-13-8-9-14-5-1-2-6-15(14)12-13/h8-9,12,16H,1-7,10-11H2,(H,20,22)(H,21,23,24). The number of rotatable bonds is 5. The molecule has 1 aromatic rings. The minimum atomic E-state index is -0.570. The lowest BCUT2D eigenvalue weighted by Gasteiger charge is -2.21. The van der Waals surface area contributed by atoms with Gasteiger partial charge in [-0.2, -0.15) is 0 Å². The first kappa shape index (κ1) is 16.7. The van der Waals surface area contributed by atoms with E-state index in [4.69, 9.17) is 0 Å². The Bertz CT molecular complexity index is 654. The van der Waals surface area contributed by atoms with Crippen molar-refractivity contribution in [2.45, 2.75) is 63.8 Å². The van der Waals surface area contributed by atoms with Gasteiger partial charge in [0.15, 0.2) is 0 Å². The van der Waals surface area contributed by atoms with E-state index >= 15 is 0 Å². The molecule has 5 heteroatoms. The van der Waals surface area contributed by atoms with Crippen molar-refractivity contribution in [3.8, 4) is 0 Å². The van der Waals surface area contributed by atoms with Gasteiger partial charge >= 0.3 is 0 Å². The number of hydrogen-bond donors (Lipinski definition) is 2. The topological polar surface area (TPSA) is 75.3 Å². The van der Waals surface area contributed by atoms with Gasteiger partial charge < -0.3 is 5.32 Å². The number of imide groups is 1. The summed E-state index contributed by atoms with van der Waals surface area (Å²) in [5.41, 5.74) is 4.22. The van der Waals surface area contributed by atoms with E-state index in [0.717, 1.165) is 12.8 Å². The van der Waals surface area contributed by atoms with Crippen LogP contribution in [0, 0.1) is 0 Å². The molecule has 24 heavy (non-hydrogen) atoms. The zero-order chi connectivity index (χ0) is 16.9. The molecule has 1 aliphatic carbocycles. The van der Waals surface area contributed by atoms with Crippen molar-refractivity contribution >= 4 is 17.7 Å². The largest absolute Gasteiger partial charge is 0.344 e. The van der Waals surface area contributed by atoms with E-state index in [0.29, 0.717) is 12.8 Å². The van der Waals surface area contributed by atoms with Gasteiger partial charge in [-0.25, -0.2) is 0 Å². The first-order valence-corrected chi connectivity index (χ1v) is 8.85. The maximum Gasteiger partial charge on any atom is 0.249 e. The summed E-state index contributed by atoms with van der Waals surface area (Å²) in [4.78, 5) is 34.7. The maximum atomic E-state index is 12.0. The van der Waals surface area contributed by atoms with Crippen LogP contribution < -0.4 is 10.6 Å². The molecule has 5 nitrogen and oxygen atoms in total. The number of aryl methyl sites for hydroxylation is 3. The zero-order valence-electron chi connectivity index (χ0n) is 13.9. The zero-order valence-corrected chi connectivity index (χ0v) is 13.9. The molecule has 0 radical (unpaired) electrons. The van der Waals surface area contributed by atoms with E-state index < -0.39 is 11.9 Å². The second kappa shape index (κ2) is 7.60. The number of amides is 3. The van der Waals surface area contributed by atoms with Crippen molar-refractivity contribution < 1.29 is 14.4 Å². The number of benzene rings is 1. The molecule has 0 saturated carbocycles. The van der Waals surface area contributed by atoms with Gasteiger partial charge in [-0.15, -0.1) is 0 Å². The van der Waals surface area contributed by atoms with Gasteiger partial charge in [0.1, 0.15) is 6.04 Å². The Morgan fingerprint density at radius 1 is 1.12 bits per heavy atom. The molecular formula is C19H24N2O3. The van der Waals surface area contributed by atoms with Crippen molar-refractivity contribution in [2.24, 2.45) is 0 Å². The minimum absolute atomic E-state index is 0.123. The molecule has 3 amide bonds. The van der Waals surface area contributed by atoms with Gasteiger partial charge in [0, 0.05) is 12.8 Å². The van der Waals surface area contributed by atoms with Crippen molar-refractivity contribution in [3.63, 3.8) is 0 Å². The molecule has 1 heterocycles. The number of carbonyl (C=O) groups excluding carboxylic acids is 3. The predicted molar refractivity (Wildman–Crippen MR) is 90.3 cm³/mol. The number of hydrogen-bond acceptors (Lipinski definition) is 3. The summed E-state index contributed by atoms with van der Waals surface area (Å²) in [5.74, 6) is -0.783. The van der Waals surface area contributed by atoms with Crippen molar-refractivity contribution in [1.82, 2.24) is 10.6 Å². The van der Waals surface area contributed by atoms with E-state index in [1.807, 2.05) is 0 Å². The molecule has 1 unspecified atom stereocenters. The summed E-state index contributed by atoms with van der Waals surface area (Å²) in [6.07, 6.45) is 7.61.